The van der Waals surface area contributed by atoms with Crippen LogP contribution in [0.15, 0.2) is 30.3 Å². The molecule has 1 aromatic carbocycles. The van der Waals surface area contributed by atoms with E-state index in [2.05, 4.69) is 44.2 Å². The first-order valence-corrected chi connectivity index (χ1v) is 7.33. The topological polar surface area (TPSA) is 0 Å². The second-order valence-electron chi connectivity index (χ2n) is 5.65. The first-order chi connectivity index (χ1) is 8.20. The highest BCUT2D eigenvalue weighted by molar-refractivity contribution is 6.21. The van der Waals surface area contributed by atoms with Gasteiger partial charge < -0.3 is 0 Å². The van der Waals surface area contributed by atoms with Crippen LogP contribution in [-0.4, -0.2) is 5.38 Å². The van der Waals surface area contributed by atoms with Gasteiger partial charge in [-0.2, -0.15) is 0 Å². The summed E-state index contributed by atoms with van der Waals surface area (Å²) in [6.45, 7) is 4.49. The van der Waals surface area contributed by atoms with E-state index in [-0.39, 0.29) is 0 Å². The average molecular weight is 251 g/mol. The molecule has 94 valence electrons. The van der Waals surface area contributed by atoms with Crippen molar-refractivity contribution in [2.45, 2.75) is 50.8 Å². The summed E-state index contributed by atoms with van der Waals surface area (Å²) in [7, 11) is 0. The van der Waals surface area contributed by atoms with Gasteiger partial charge in [0.2, 0.25) is 0 Å². The molecule has 2 rings (SSSR count). The molecule has 0 nitrogen and oxygen atoms in total. The molecule has 0 radical (unpaired) electrons. The SMILES string of the molecule is CC(C)C(Cl)C1CCCCC1c1ccccc1. The molecule has 0 bridgehead atoms. The third-order valence-corrected chi connectivity index (χ3v) is 4.92. The van der Waals surface area contributed by atoms with Crippen molar-refractivity contribution >= 4 is 11.6 Å². The van der Waals surface area contributed by atoms with Gasteiger partial charge in [-0.1, -0.05) is 57.0 Å². The molecule has 0 saturated heterocycles. The van der Waals surface area contributed by atoms with Gasteiger partial charge in [0.05, 0.1) is 0 Å². The molecule has 17 heavy (non-hydrogen) atoms. The van der Waals surface area contributed by atoms with Crippen LogP contribution in [0.3, 0.4) is 0 Å². The Hall–Kier alpha value is -0.490. The minimum atomic E-state index is 0.320. The van der Waals surface area contributed by atoms with Crippen molar-refractivity contribution in [1.29, 1.82) is 0 Å². The quantitative estimate of drug-likeness (QED) is 0.645. The van der Waals surface area contributed by atoms with Crippen molar-refractivity contribution in [3.63, 3.8) is 0 Å². The maximum absolute atomic E-state index is 6.64. The third kappa shape index (κ3) is 3.04. The zero-order valence-corrected chi connectivity index (χ0v) is 11.7. The second kappa shape index (κ2) is 5.91. The summed E-state index contributed by atoms with van der Waals surface area (Å²) >= 11 is 6.64. The van der Waals surface area contributed by atoms with E-state index < -0.39 is 0 Å². The molecule has 1 aliphatic rings. The summed E-state index contributed by atoms with van der Waals surface area (Å²) in [5, 5.41) is 0.320. The highest BCUT2D eigenvalue weighted by atomic mass is 35.5. The Bertz CT molecular complexity index is 331. The second-order valence-corrected chi connectivity index (χ2v) is 6.16. The monoisotopic (exact) mass is 250 g/mol. The largest absolute Gasteiger partial charge is 0.122 e. The first kappa shape index (κ1) is 13.0. The van der Waals surface area contributed by atoms with E-state index in [4.69, 9.17) is 11.6 Å². The maximum Gasteiger partial charge on any atom is 0.0393 e. The van der Waals surface area contributed by atoms with Crippen LogP contribution < -0.4 is 0 Å². The van der Waals surface area contributed by atoms with Gasteiger partial charge in [-0.25, -0.2) is 0 Å². The van der Waals surface area contributed by atoms with Crippen molar-refractivity contribution < 1.29 is 0 Å². The van der Waals surface area contributed by atoms with E-state index in [0.717, 1.165) is 0 Å². The number of alkyl halides is 1. The summed E-state index contributed by atoms with van der Waals surface area (Å²) in [6, 6.07) is 10.9. The Kier molecular flexibility index (Phi) is 4.50. The molecule has 1 aromatic rings. The maximum atomic E-state index is 6.64. The van der Waals surface area contributed by atoms with Gasteiger partial charge >= 0.3 is 0 Å². The average Bonchev–Trinajstić information content (AvgIpc) is 2.39. The van der Waals surface area contributed by atoms with E-state index in [1.165, 1.54) is 31.2 Å². The Morgan fingerprint density at radius 1 is 1.06 bits per heavy atom. The molecule has 0 N–H and O–H groups in total. The summed E-state index contributed by atoms with van der Waals surface area (Å²) in [4.78, 5) is 0. The van der Waals surface area contributed by atoms with Gasteiger partial charge in [0.25, 0.3) is 0 Å². The number of rotatable bonds is 3. The normalized spacial score (nSPS) is 27.1. The standard InChI is InChI=1S/C16H23Cl/c1-12(2)16(17)15-11-7-6-10-14(15)13-8-4-3-5-9-13/h3-5,8-9,12,14-16H,6-7,10-11H2,1-2H3. The van der Waals surface area contributed by atoms with Gasteiger partial charge in [0, 0.05) is 5.38 Å². The highest BCUT2D eigenvalue weighted by Crippen LogP contribution is 2.42. The predicted molar refractivity (Wildman–Crippen MR) is 75.6 cm³/mol. The smallest absolute Gasteiger partial charge is 0.0393 e. The summed E-state index contributed by atoms with van der Waals surface area (Å²) in [5.74, 6) is 1.91. The molecule has 1 heteroatoms. The number of benzene rings is 1. The molecule has 3 unspecified atom stereocenters. The lowest BCUT2D eigenvalue weighted by Crippen LogP contribution is -2.29. The van der Waals surface area contributed by atoms with Crippen LogP contribution in [0.2, 0.25) is 0 Å². The van der Waals surface area contributed by atoms with Crippen LogP contribution >= 0.6 is 11.6 Å². The van der Waals surface area contributed by atoms with Crippen LogP contribution in [0.4, 0.5) is 0 Å². The lowest BCUT2D eigenvalue weighted by molar-refractivity contribution is 0.269. The van der Waals surface area contributed by atoms with Crippen LogP contribution in [0.1, 0.15) is 51.0 Å². The molecule has 1 aliphatic carbocycles. The fraction of sp³-hybridized carbons (Fsp3) is 0.625. The Balaban J connectivity index is 2.18. The molecule has 3 atom stereocenters. The Labute approximate surface area is 110 Å². The fourth-order valence-corrected chi connectivity index (χ4v) is 3.45. The molecular weight excluding hydrogens is 228 g/mol. The van der Waals surface area contributed by atoms with Crippen molar-refractivity contribution in [3.05, 3.63) is 35.9 Å². The molecule has 0 aliphatic heterocycles. The van der Waals surface area contributed by atoms with Crippen LogP contribution in [0, 0.1) is 11.8 Å². The molecular formula is C16H23Cl. The highest BCUT2D eigenvalue weighted by Gasteiger charge is 2.32. The molecule has 1 saturated carbocycles. The number of halogens is 1. The lowest BCUT2D eigenvalue weighted by Gasteiger charge is -2.36. The van der Waals surface area contributed by atoms with Crippen molar-refractivity contribution in [1.82, 2.24) is 0 Å². The minimum Gasteiger partial charge on any atom is -0.122 e. The number of hydrogen-bond donors (Lipinski definition) is 0. The first-order valence-electron chi connectivity index (χ1n) is 6.89. The molecule has 0 heterocycles. The van der Waals surface area contributed by atoms with E-state index in [1.54, 1.807) is 0 Å². The van der Waals surface area contributed by atoms with Gasteiger partial charge in [-0.15, -0.1) is 11.6 Å². The summed E-state index contributed by atoms with van der Waals surface area (Å²) < 4.78 is 0. The van der Waals surface area contributed by atoms with E-state index in [9.17, 15) is 0 Å². The van der Waals surface area contributed by atoms with Crippen LogP contribution in [-0.2, 0) is 0 Å². The molecule has 0 aromatic heterocycles. The fourth-order valence-electron chi connectivity index (χ4n) is 3.15. The Morgan fingerprint density at radius 2 is 1.71 bits per heavy atom. The number of hydrogen-bond acceptors (Lipinski definition) is 0. The van der Waals surface area contributed by atoms with E-state index >= 15 is 0 Å². The van der Waals surface area contributed by atoms with Gasteiger partial charge in [0.1, 0.15) is 0 Å². The van der Waals surface area contributed by atoms with Crippen molar-refractivity contribution in [2.75, 3.05) is 0 Å². The molecule has 0 amide bonds. The summed E-state index contributed by atoms with van der Waals surface area (Å²) in [5.41, 5.74) is 1.49. The predicted octanol–water partition coefficient (Wildman–Crippen LogP) is 5.22. The van der Waals surface area contributed by atoms with E-state index in [0.29, 0.717) is 23.1 Å². The molecule has 0 spiro atoms. The van der Waals surface area contributed by atoms with Crippen LogP contribution in [0.25, 0.3) is 0 Å². The van der Waals surface area contributed by atoms with Gasteiger partial charge in [0.15, 0.2) is 0 Å². The zero-order chi connectivity index (χ0) is 12.3. The van der Waals surface area contributed by atoms with Crippen LogP contribution in [0.5, 0.6) is 0 Å². The van der Waals surface area contributed by atoms with E-state index in [1.807, 2.05) is 0 Å². The summed E-state index contributed by atoms with van der Waals surface area (Å²) in [6.07, 6.45) is 5.32. The third-order valence-electron chi connectivity index (χ3n) is 4.09. The minimum absolute atomic E-state index is 0.320. The Morgan fingerprint density at radius 3 is 2.35 bits per heavy atom. The van der Waals surface area contributed by atoms with Gasteiger partial charge in [-0.3, -0.25) is 0 Å². The van der Waals surface area contributed by atoms with Crippen molar-refractivity contribution in [2.24, 2.45) is 11.8 Å². The molecule has 1 fully saturated rings. The van der Waals surface area contributed by atoms with Crippen molar-refractivity contribution in [3.8, 4) is 0 Å². The lowest BCUT2D eigenvalue weighted by atomic mass is 9.72. The zero-order valence-electron chi connectivity index (χ0n) is 10.9. The van der Waals surface area contributed by atoms with Gasteiger partial charge in [-0.05, 0) is 36.2 Å².